The maximum absolute atomic E-state index is 10.4. The van der Waals surface area contributed by atoms with Gasteiger partial charge in [-0.1, -0.05) is 46.2 Å². The second-order valence-electron chi connectivity index (χ2n) is 7.17. The second-order valence-corrected chi connectivity index (χ2v) is 7.17. The van der Waals surface area contributed by atoms with Gasteiger partial charge in [-0.3, -0.25) is 14.4 Å². The Morgan fingerprint density at radius 3 is 1.50 bits per heavy atom. The fourth-order valence-corrected chi connectivity index (χ4v) is 1.76. The molecular weight excluding hydrogens is 394 g/mol. The van der Waals surface area contributed by atoms with Crippen LogP contribution in [0.3, 0.4) is 0 Å². The van der Waals surface area contributed by atoms with Gasteiger partial charge < -0.3 is 37.6 Å². The lowest BCUT2D eigenvalue weighted by atomic mass is 10.0. The van der Waals surface area contributed by atoms with Crippen LogP contribution in [0.4, 0.5) is 0 Å². The normalized spacial score (nSPS) is 14.1. The highest BCUT2D eigenvalue weighted by Crippen LogP contribution is 2.10. The number of hydrogen-bond acceptors (Lipinski definition) is 7. The fourth-order valence-electron chi connectivity index (χ4n) is 1.76. The van der Waals surface area contributed by atoms with Crippen molar-refractivity contribution in [1.29, 1.82) is 0 Å². The first-order valence-electron chi connectivity index (χ1n) is 9.47. The van der Waals surface area contributed by atoms with Crippen molar-refractivity contribution in [1.82, 2.24) is 0 Å². The Balaban J connectivity index is 0. The molecule has 0 amide bonds. The Morgan fingerprint density at radius 1 is 0.833 bits per heavy atom. The van der Waals surface area contributed by atoms with Crippen LogP contribution >= 0.6 is 0 Å². The average molecular weight is 430 g/mol. The minimum atomic E-state index is -1.02. The highest BCUT2D eigenvalue weighted by atomic mass is 16.4. The number of aromatic hydroxyl groups is 1. The fraction of sp³-hybridized carbons (Fsp3) is 0.550. The molecule has 172 valence electrons. The van der Waals surface area contributed by atoms with Crippen LogP contribution in [0.15, 0.2) is 24.3 Å². The van der Waals surface area contributed by atoms with E-state index in [-0.39, 0.29) is 24.0 Å². The third-order valence-corrected chi connectivity index (χ3v) is 4.25. The molecule has 0 unspecified atom stereocenters. The van der Waals surface area contributed by atoms with Crippen LogP contribution in [0.5, 0.6) is 5.75 Å². The van der Waals surface area contributed by atoms with Crippen LogP contribution < -0.4 is 17.2 Å². The minimum Gasteiger partial charge on any atom is -0.508 e. The largest absolute Gasteiger partial charge is 0.508 e. The molecular formula is C20H35N3O7. The van der Waals surface area contributed by atoms with Crippen molar-refractivity contribution in [2.24, 2.45) is 29.0 Å². The summed E-state index contributed by atoms with van der Waals surface area (Å²) in [6.07, 6.45) is 1.09. The first kappa shape index (κ1) is 29.5. The zero-order chi connectivity index (χ0) is 24.0. The number of benzene rings is 1. The summed E-state index contributed by atoms with van der Waals surface area (Å²) in [5.74, 6) is -2.61. The molecule has 4 atom stereocenters. The van der Waals surface area contributed by atoms with Crippen molar-refractivity contribution in [3.05, 3.63) is 29.8 Å². The predicted molar refractivity (Wildman–Crippen MR) is 113 cm³/mol. The van der Waals surface area contributed by atoms with Crippen molar-refractivity contribution in [3.63, 3.8) is 0 Å². The summed E-state index contributed by atoms with van der Waals surface area (Å²) in [6.45, 7) is 7.31. The van der Waals surface area contributed by atoms with Crippen molar-refractivity contribution in [2.75, 3.05) is 0 Å². The molecule has 1 aromatic carbocycles. The van der Waals surface area contributed by atoms with Crippen LogP contribution in [0.2, 0.25) is 0 Å². The van der Waals surface area contributed by atoms with Gasteiger partial charge in [0.05, 0.1) is 0 Å². The smallest absolute Gasteiger partial charge is 0.320 e. The van der Waals surface area contributed by atoms with Gasteiger partial charge in [0.2, 0.25) is 0 Å². The number of rotatable bonds is 8. The number of aliphatic carboxylic acids is 3. The molecule has 10 heteroatoms. The van der Waals surface area contributed by atoms with E-state index in [0.29, 0.717) is 0 Å². The summed E-state index contributed by atoms with van der Waals surface area (Å²) in [6, 6.07) is 4.01. The Kier molecular flexibility index (Phi) is 14.9. The van der Waals surface area contributed by atoms with Crippen LogP contribution in [0.25, 0.3) is 0 Å². The molecule has 0 aliphatic carbocycles. The van der Waals surface area contributed by atoms with Gasteiger partial charge in [-0.05, 0) is 36.0 Å². The molecule has 0 aliphatic rings. The van der Waals surface area contributed by atoms with Gasteiger partial charge in [-0.25, -0.2) is 0 Å². The molecule has 1 rings (SSSR count). The molecule has 0 fully saturated rings. The topological polar surface area (TPSA) is 210 Å². The zero-order valence-corrected chi connectivity index (χ0v) is 17.9. The number of carboxylic acids is 3. The van der Waals surface area contributed by atoms with Gasteiger partial charge >= 0.3 is 17.9 Å². The monoisotopic (exact) mass is 429 g/mol. The number of nitrogens with two attached hydrogens (primary N) is 3. The second kappa shape index (κ2) is 15.2. The molecule has 0 radical (unpaired) electrons. The van der Waals surface area contributed by atoms with Gasteiger partial charge in [-0.2, -0.15) is 0 Å². The Hall–Kier alpha value is -2.69. The maximum Gasteiger partial charge on any atom is 0.320 e. The summed E-state index contributed by atoms with van der Waals surface area (Å²) >= 11 is 0. The summed E-state index contributed by atoms with van der Waals surface area (Å²) in [5.41, 5.74) is 16.6. The molecule has 0 bridgehead atoms. The molecule has 0 aromatic heterocycles. The average Bonchev–Trinajstić information content (AvgIpc) is 2.68. The summed E-state index contributed by atoms with van der Waals surface area (Å²) < 4.78 is 0. The zero-order valence-electron chi connectivity index (χ0n) is 17.9. The van der Waals surface area contributed by atoms with Crippen molar-refractivity contribution in [2.45, 2.75) is 58.7 Å². The van der Waals surface area contributed by atoms with E-state index in [2.05, 4.69) is 0 Å². The number of carbonyl (C=O) groups is 3. The van der Waals surface area contributed by atoms with Crippen molar-refractivity contribution in [3.8, 4) is 5.75 Å². The van der Waals surface area contributed by atoms with E-state index in [1.165, 1.54) is 12.1 Å². The Bertz CT molecular complexity index is 650. The van der Waals surface area contributed by atoms with E-state index in [9.17, 15) is 14.4 Å². The third-order valence-electron chi connectivity index (χ3n) is 4.25. The first-order chi connectivity index (χ1) is 13.7. The molecule has 0 aliphatic heterocycles. The third kappa shape index (κ3) is 13.5. The molecule has 0 saturated carbocycles. The number of phenolic OH excluding ortho intramolecular Hbond substituents is 1. The lowest BCUT2D eigenvalue weighted by molar-refractivity contribution is -0.140. The van der Waals surface area contributed by atoms with Crippen LogP contribution in [-0.2, 0) is 20.8 Å². The van der Waals surface area contributed by atoms with Crippen molar-refractivity contribution < 1.29 is 34.8 Å². The van der Waals surface area contributed by atoms with Crippen LogP contribution in [0, 0.1) is 11.8 Å². The molecule has 10 N–H and O–H groups in total. The van der Waals surface area contributed by atoms with Gasteiger partial charge in [0.15, 0.2) is 0 Å². The lowest BCUT2D eigenvalue weighted by Crippen LogP contribution is -2.36. The van der Waals surface area contributed by atoms with E-state index >= 15 is 0 Å². The summed E-state index contributed by atoms with van der Waals surface area (Å²) in [7, 11) is 0. The number of phenols is 1. The number of carboxylic acid groups (broad SMARTS) is 3. The standard InChI is InChI=1S/C9H11NO3.C6H13NO2.C5H11NO2/c10-8(9(12)13)5-6-1-3-7(11)4-2-6;1-3-4(2)5(7)6(8)9;1-3(2)4(6)5(7)8/h1-4,8,11H,5,10H2,(H,12,13);4-5H,3,7H2,1-2H3,(H,8,9);3-4H,6H2,1-2H3,(H,7,8)/t8-;4-,5-;4-/m000/s1. The van der Waals surface area contributed by atoms with Crippen molar-refractivity contribution >= 4 is 17.9 Å². The quantitative estimate of drug-likeness (QED) is 0.309. The SMILES string of the molecule is CC(C)[C@H](N)C(=O)O.CC[C@H](C)[C@H](N)C(=O)O.N[C@@H](Cc1ccc(O)cc1)C(=O)O. The molecule has 0 heterocycles. The van der Waals surface area contributed by atoms with Gasteiger partial charge in [0, 0.05) is 0 Å². The predicted octanol–water partition coefficient (Wildman–Crippen LogP) is 0.845. The Morgan fingerprint density at radius 2 is 1.27 bits per heavy atom. The minimum absolute atomic E-state index is 0.0208. The highest BCUT2D eigenvalue weighted by Gasteiger charge is 2.17. The summed E-state index contributed by atoms with van der Waals surface area (Å²) in [4.78, 5) is 30.6. The van der Waals surface area contributed by atoms with Gasteiger partial charge in [0.25, 0.3) is 0 Å². The van der Waals surface area contributed by atoms with E-state index in [4.69, 9.17) is 37.6 Å². The number of hydrogen-bond donors (Lipinski definition) is 7. The van der Waals surface area contributed by atoms with Gasteiger partial charge in [0.1, 0.15) is 23.9 Å². The molecule has 1 aromatic rings. The van der Waals surface area contributed by atoms with Gasteiger partial charge in [-0.15, -0.1) is 0 Å². The lowest BCUT2D eigenvalue weighted by Gasteiger charge is -2.11. The highest BCUT2D eigenvalue weighted by molar-refractivity contribution is 5.74. The van der Waals surface area contributed by atoms with Crippen LogP contribution in [0.1, 0.15) is 39.7 Å². The van der Waals surface area contributed by atoms with Crippen LogP contribution in [-0.4, -0.2) is 56.5 Å². The van der Waals surface area contributed by atoms with E-state index in [1.54, 1.807) is 26.0 Å². The van der Waals surface area contributed by atoms with E-state index < -0.39 is 36.0 Å². The Labute approximate surface area is 176 Å². The van der Waals surface area contributed by atoms with E-state index in [1.807, 2.05) is 13.8 Å². The molecule has 0 saturated heterocycles. The molecule has 0 spiro atoms. The summed E-state index contributed by atoms with van der Waals surface area (Å²) in [5, 5.41) is 34.1. The maximum atomic E-state index is 10.4. The van der Waals surface area contributed by atoms with E-state index in [0.717, 1.165) is 12.0 Å². The molecule has 10 nitrogen and oxygen atoms in total. The molecule has 30 heavy (non-hydrogen) atoms. The first-order valence-corrected chi connectivity index (χ1v) is 9.47.